The average molecular weight is 286 g/mol. The first-order chi connectivity index (χ1) is 9.32. The number of rotatable bonds is 10. The van der Waals surface area contributed by atoms with E-state index in [1.807, 2.05) is 20.8 Å². The summed E-state index contributed by atoms with van der Waals surface area (Å²) in [4.78, 5) is 22.2. The average Bonchev–Trinajstić information content (AvgIpc) is 3.06. The Kier molecular flexibility index (Phi) is 6.46. The molecule has 1 aliphatic rings. The highest BCUT2D eigenvalue weighted by Crippen LogP contribution is 2.36. The molecule has 20 heavy (non-hydrogen) atoms. The van der Waals surface area contributed by atoms with Crippen LogP contribution in [0.2, 0.25) is 0 Å². The molecule has 4 heteroatoms. The van der Waals surface area contributed by atoms with Crippen molar-refractivity contribution in [1.29, 1.82) is 0 Å². The van der Waals surface area contributed by atoms with E-state index in [1.165, 1.54) is 0 Å². The molecule has 1 heterocycles. The Bertz CT molecular complexity index is 308. The number of carbonyl (C=O) groups is 1. The van der Waals surface area contributed by atoms with Crippen LogP contribution < -0.4 is 0 Å². The molecule has 118 valence electrons. The molecule has 0 N–H and O–H groups in total. The molecule has 0 aromatic rings. The van der Waals surface area contributed by atoms with E-state index in [-0.39, 0.29) is 17.5 Å². The van der Waals surface area contributed by atoms with Crippen molar-refractivity contribution < 1.29 is 19.3 Å². The van der Waals surface area contributed by atoms with Gasteiger partial charge in [-0.1, -0.05) is 33.1 Å². The van der Waals surface area contributed by atoms with Crippen molar-refractivity contribution in [2.75, 3.05) is 0 Å². The standard InChI is InChI=1S/C16H30O4/c1-6-8-9-13(10-12-16(5)19-20-16)14(17)18-15(3,4)11-7-2/h13H,6-12H2,1-5H3. The van der Waals surface area contributed by atoms with Crippen molar-refractivity contribution >= 4 is 5.97 Å². The van der Waals surface area contributed by atoms with Crippen LogP contribution in [0.3, 0.4) is 0 Å². The lowest BCUT2D eigenvalue weighted by atomic mass is 9.94. The fourth-order valence-corrected chi connectivity index (χ4v) is 2.43. The van der Waals surface area contributed by atoms with E-state index in [0.29, 0.717) is 0 Å². The molecule has 1 atom stereocenters. The van der Waals surface area contributed by atoms with Gasteiger partial charge < -0.3 is 4.74 Å². The fourth-order valence-electron chi connectivity index (χ4n) is 2.43. The maximum Gasteiger partial charge on any atom is 0.309 e. The first-order valence-corrected chi connectivity index (χ1v) is 7.91. The smallest absolute Gasteiger partial charge is 0.309 e. The lowest BCUT2D eigenvalue weighted by Crippen LogP contribution is -2.32. The molecule has 4 nitrogen and oxygen atoms in total. The maximum absolute atomic E-state index is 12.4. The van der Waals surface area contributed by atoms with Crippen LogP contribution in [0.25, 0.3) is 0 Å². The number of esters is 1. The monoisotopic (exact) mass is 286 g/mol. The highest BCUT2D eigenvalue weighted by atomic mass is 17.4. The summed E-state index contributed by atoms with van der Waals surface area (Å²) in [5.41, 5.74) is -0.368. The van der Waals surface area contributed by atoms with E-state index in [4.69, 9.17) is 14.5 Å². The summed E-state index contributed by atoms with van der Waals surface area (Å²) in [6, 6.07) is 0. The Hall–Kier alpha value is -0.610. The van der Waals surface area contributed by atoms with Gasteiger partial charge in [-0.15, -0.1) is 0 Å². The van der Waals surface area contributed by atoms with Crippen molar-refractivity contribution in [3.8, 4) is 0 Å². The minimum absolute atomic E-state index is 0.0456. The number of hydrogen-bond donors (Lipinski definition) is 0. The predicted octanol–water partition coefficient (Wildman–Crippen LogP) is 4.37. The second-order valence-corrected chi connectivity index (χ2v) is 6.61. The molecule has 0 aliphatic carbocycles. The van der Waals surface area contributed by atoms with E-state index in [2.05, 4.69) is 13.8 Å². The number of hydrogen-bond acceptors (Lipinski definition) is 4. The zero-order valence-corrected chi connectivity index (χ0v) is 13.7. The lowest BCUT2D eigenvalue weighted by molar-refractivity contribution is -0.163. The zero-order chi connectivity index (χ0) is 15.2. The zero-order valence-electron chi connectivity index (χ0n) is 13.7. The molecular formula is C16H30O4. The Morgan fingerprint density at radius 3 is 2.35 bits per heavy atom. The largest absolute Gasteiger partial charge is 0.459 e. The van der Waals surface area contributed by atoms with Crippen LogP contribution in [0, 0.1) is 5.92 Å². The van der Waals surface area contributed by atoms with Gasteiger partial charge in [-0.25, -0.2) is 0 Å². The summed E-state index contributed by atoms with van der Waals surface area (Å²) in [5, 5.41) is 0. The van der Waals surface area contributed by atoms with E-state index in [1.54, 1.807) is 0 Å². The van der Waals surface area contributed by atoms with Crippen molar-refractivity contribution in [2.45, 2.75) is 91.0 Å². The van der Waals surface area contributed by atoms with Crippen LogP contribution in [0.5, 0.6) is 0 Å². The predicted molar refractivity (Wildman–Crippen MR) is 77.9 cm³/mol. The minimum Gasteiger partial charge on any atom is -0.459 e. The highest BCUT2D eigenvalue weighted by Gasteiger charge is 2.44. The van der Waals surface area contributed by atoms with Gasteiger partial charge in [0.05, 0.1) is 5.92 Å². The summed E-state index contributed by atoms with van der Waals surface area (Å²) in [7, 11) is 0. The van der Waals surface area contributed by atoms with Gasteiger partial charge in [-0.05, 0) is 40.0 Å². The molecule has 0 spiro atoms. The van der Waals surface area contributed by atoms with Crippen molar-refractivity contribution in [3.63, 3.8) is 0 Å². The van der Waals surface area contributed by atoms with Crippen LogP contribution in [-0.4, -0.2) is 17.4 Å². The van der Waals surface area contributed by atoms with E-state index < -0.39 is 5.79 Å². The second kappa shape index (κ2) is 7.41. The molecule has 0 bridgehead atoms. The molecule has 0 radical (unpaired) electrons. The molecule has 0 aromatic carbocycles. The fraction of sp³-hybridized carbons (Fsp3) is 0.938. The van der Waals surface area contributed by atoms with Crippen LogP contribution in [0.15, 0.2) is 0 Å². The van der Waals surface area contributed by atoms with Crippen molar-refractivity contribution in [2.24, 2.45) is 5.92 Å². The Morgan fingerprint density at radius 2 is 1.85 bits per heavy atom. The van der Waals surface area contributed by atoms with Gasteiger partial charge in [0.1, 0.15) is 5.60 Å². The van der Waals surface area contributed by atoms with Crippen LogP contribution in [0.1, 0.15) is 79.6 Å². The molecule has 1 aliphatic heterocycles. The highest BCUT2D eigenvalue weighted by molar-refractivity contribution is 5.72. The molecule has 1 saturated heterocycles. The molecule has 1 rings (SSSR count). The number of unbranched alkanes of at least 4 members (excludes halogenated alkanes) is 1. The van der Waals surface area contributed by atoms with E-state index >= 15 is 0 Å². The van der Waals surface area contributed by atoms with E-state index in [0.717, 1.165) is 44.9 Å². The van der Waals surface area contributed by atoms with Gasteiger partial charge in [0.25, 0.3) is 0 Å². The summed E-state index contributed by atoms with van der Waals surface area (Å²) < 4.78 is 5.70. The summed E-state index contributed by atoms with van der Waals surface area (Å²) in [6.07, 6.45) is 6.43. The van der Waals surface area contributed by atoms with E-state index in [9.17, 15) is 4.79 Å². The van der Waals surface area contributed by atoms with Gasteiger partial charge in [0.2, 0.25) is 5.79 Å². The maximum atomic E-state index is 12.4. The van der Waals surface area contributed by atoms with Crippen LogP contribution >= 0.6 is 0 Å². The van der Waals surface area contributed by atoms with Gasteiger partial charge in [-0.3, -0.25) is 4.79 Å². The molecule has 0 aromatic heterocycles. The Labute approximate surface area is 123 Å². The van der Waals surface area contributed by atoms with Crippen LogP contribution in [-0.2, 0) is 19.3 Å². The first-order valence-electron chi connectivity index (χ1n) is 7.91. The third-order valence-electron chi connectivity index (χ3n) is 3.78. The number of carbonyl (C=O) groups excluding carboxylic acids is 1. The third-order valence-corrected chi connectivity index (χ3v) is 3.78. The summed E-state index contributed by atoms with van der Waals surface area (Å²) in [6.45, 7) is 10.1. The van der Waals surface area contributed by atoms with Gasteiger partial charge >= 0.3 is 5.97 Å². The number of ether oxygens (including phenoxy) is 1. The lowest BCUT2D eigenvalue weighted by Gasteiger charge is -2.27. The third kappa shape index (κ3) is 6.23. The van der Waals surface area contributed by atoms with Gasteiger partial charge in [0, 0.05) is 6.42 Å². The van der Waals surface area contributed by atoms with Gasteiger partial charge in [-0.2, -0.15) is 9.78 Å². The molecule has 0 amide bonds. The summed E-state index contributed by atoms with van der Waals surface area (Å²) in [5.74, 6) is -0.583. The molecular weight excluding hydrogens is 256 g/mol. The quantitative estimate of drug-likeness (QED) is 0.340. The second-order valence-electron chi connectivity index (χ2n) is 6.61. The summed E-state index contributed by atoms with van der Waals surface area (Å²) >= 11 is 0. The molecule has 0 saturated carbocycles. The topological polar surface area (TPSA) is 51.4 Å². The van der Waals surface area contributed by atoms with Crippen molar-refractivity contribution in [3.05, 3.63) is 0 Å². The SMILES string of the molecule is CCCCC(CCC1(C)OO1)C(=O)OC(C)(C)CCC. The minimum atomic E-state index is -0.469. The molecule has 1 unspecified atom stereocenters. The van der Waals surface area contributed by atoms with Gasteiger partial charge in [0.15, 0.2) is 0 Å². The Morgan fingerprint density at radius 1 is 1.20 bits per heavy atom. The normalized spacial score (nSPS) is 18.6. The first kappa shape index (κ1) is 17.4. The van der Waals surface area contributed by atoms with Crippen molar-refractivity contribution in [1.82, 2.24) is 0 Å². The molecule has 1 fully saturated rings. The Balaban J connectivity index is 2.49. The van der Waals surface area contributed by atoms with Crippen LogP contribution in [0.4, 0.5) is 0 Å².